The topological polar surface area (TPSA) is 60.5 Å². The number of pyridine rings is 1. The number of alkyl halides is 1. The van der Waals surface area contributed by atoms with Gasteiger partial charge in [-0.05, 0) is 41.0 Å². The van der Waals surface area contributed by atoms with E-state index in [9.17, 15) is 4.79 Å². The molecule has 2 aliphatic rings. The van der Waals surface area contributed by atoms with Crippen molar-refractivity contribution >= 4 is 30.6 Å². The van der Waals surface area contributed by atoms with E-state index in [-0.39, 0.29) is 26.6 Å². The van der Waals surface area contributed by atoms with Crippen LogP contribution >= 0.6 is 20.7 Å². The monoisotopic (exact) mass is 496 g/mol. The largest absolute Gasteiger partial charge is 0.381 e. The number of nitrogens with zero attached hydrogens (tertiary/aromatic N) is 1. The molecule has 28 heavy (non-hydrogen) atoms. The van der Waals surface area contributed by atoms with Crippen LogP contribution in [-0.2, 0) is 16.1 Å². The van der Waals surface area contributed by atoms with Crippen LogP contribution in [0.1, 0.15) is 42.7 Å². The molecule has 3 heterocycles. The van der Waals surface area contributed by atoms with Gasteiger partial charge in [-0.25, -0.2) is 0 Å². The van der Waals surface area contributed by atoms with Gasteiger partial charge in [-0.3, -0.25) is 9.78 Å². The van der Waals surface area contributed by atoms with Gasteiger partial charge in [0.1, 0.15) is 5.69 Å². The number of allylic oxidation sites excluding steroid dienone is 3. The predicted octanol–water partition coefficient (Wildman–Crippen LogP) is 3.80. The zero-order valence-corrected chi connectivity index (χ0v) is 18.8. The van der Waals surface area contributed by atoms with Crippen molar-refractivity contribution in [2.45, 2.75) is 36.7 Å². The van der Waals surface area contributed by atoms with Gasteiger partial charge in [0, 0.05) is 28.7 Å². The molecule has 2 unspecified atom stereocenters. The third-order valence-electron chi connectivity index (χ3n) is 5.06. The second kappa shape index (κ2) is 10.4. The van der Waals surface area contributed by atoms with E-state index in [1.807, 2.05) is 6.07 Å². The molecule has 0 aromatic carbocycles. The van der Waals surface area contributed by atoms with Crippen LogP contribution in [0.15, 0.2) is 42.1 Å². The second-order valence-electron chi connectivity index (χ2n) is 7.43. The van der Waals surface area contributed by atoms with Crippen LogP contribution in [0.5, 0.6) is 0 Å². The molecular formula is C22H29IN2O3. The van der Waals surface area contributed by atoms with E-state index < -0.39 is 0 Å². The number of nitrogens with one attached hydrogen (secondary N) is 1. The minimum atomic E-state index is -0.132. The Labute approximate surface area is 177 Å². The molecule has 5 nitrogen and oxygen atoms in total. The summed E-state index contributed by atoms with van der Waals surface area (Å²) in [5, 5.41) is 2.94. The Morgan fingerprint density at radius 3 is 3.04 bits per heavy atom. The first-order chi connectivity index (χ1) is 13.6. The summed E-state index contributed by atoms with van der Waals surface area (Å²) in [5.41, 5.74) is 2.66. The van der Waals surface area contributed by atoms with E-state index in [2.05, 4.69) is 46.4 Å². The van der Waals surface area contributed by atoms with E-state index in [4.69, 9.17) is 9.47 Å². The Hall–Kier alpha value is -1.38. The molecule has 1 N–H and O–H groups in total. The molecule has 0 radical (unpaired) electrons. The molecule has 3 rings (SSSR count). The van der Waals surface area contributed by atoms with Crippen LogP contribution in [0.2, 0.25) is 0 Å². The molecular weight excluding hydrogens is 467 g/mol. The van der Waals surface area contributed by atoms with Crippen molar-refractivity contribution in [1.29, 1.82) is 0 Å². The summed E-state index contributed by atoms with van der Waals surface area (Å²) in [7, 11) is 0. The van der Waals surface area contributed by atoms with Crippen LogP contribution in [0.3, 0.4) is 0 Å². The van der Waals surface area contributed by atoms with Crippen LogP contribution in [-0.4, -0.2) is 44.7 Å². The summed E-state index contributed by atoms with van der Waals surface area (Å²) in [5.74, 6) is 0.284. The predicted molar refractivity (Wildman–Crippen MR) is 121 cm³/mol. The highest BCUT2D eigenvalue weighted by Crippen LogP contribution is 2.31. The normalized spacial score (nSPS) is 24.4. The third-order valence-corrected chi connectivity index (χ3v) is 8.72. The lowest BCUT2D eigenvalue weighted by atomic mass is 10.1. The molecule has 1 aromatic heterocycles. The van der Waals surface area contributed by atoms with Crippen LogP contribution < -0.4 is 5.32 Å². The summed E-state index contributed by atoms with van der Waals surface area (Å²) in [6, 6.07) is 3.67. The zero-order chi connectivity index (χ0) is 19.8. The maximum absolute atomic E-state index is 12.2. The Bertz CT molecular complexity index is 752. The van der Waals surface area contributed by atoms with Gasteiger partial charge >= 0.3 is 0 Å². The highest BCUT2D eigenvalue weighted by molar-refractivity contribution is 14.2. The number of halogens is 1. The number of ether oxygens (including phenoxy) is 2. The minimum absolute atomic E-state index is 0.0201. The molecule has 2 aliphatic heterocycles. The fourth-order valence-electron chi connectivity index (χ4n) is 2.92. The van der Waals surface area contributed by atoms with Crippen LogP contribution in [0.25, 0.3) is 0 Å². The Kier molecular flexibility index (Phi) is 7.93. The second-order valence-corrected chi connectivity index (χ2v) is 11.1. The van der Waals surface area contributed by atoms with Gasteiger partial charge in [0.2, 0.25) is 0 Å². The van der Waals surface area contributed by atoms with E-state index in [1.54, 1.807) is 12.3 Å². The van der Waals surface area contributed by atoms with Gasteiger partial charge in [-0.2, -0.15) is 0 Å². The van der Waals surface area contributed by atoms with Gasteiger partial charge in [0.05, 0.1) is 19.8 Å². The maximum atomic E-state index is 12.2. The summed E-state index contributed by atoms with van der Waals surface area (Å²) in [6.07, 6.45) is 10.6. The first kappa shape index (κ1) is 21.3. The van der Waals surface area contributed by atoms with Crippen molar-refractivity contribution in [3.05, 3.63) is 53.4 Å². The summed E-state index contributed by atoms with van der Waals surface area (Å²) >= 11 is -0.0201. The number of aromatic nitrogens is 1. The molecule has 1 amide bonds. The summed E-state index contributed by atoms with van der Waals surface area (Å²) in [6.45, 7) is 7.84. The van der Waals surface area contributed by atoms with Crippen molar-refractivity contribution < 1.29 is 14.3 Å². The highest BCUT2D eigenvalue weighted by Gasteiger charge is 2.17. The van der Waals surface area contributed by atoms with Gasteiger partial charge in [-0.15, -0.1) is 20.7 Å². The molecule has 6 heteroatoms. The lowest BCUT2D eigenvalue weighted by molar-refractivity contribution is 0.0939. The standard InChI is InChI=1S/C22H29IN2O3/c1-3-22(2)9-4-5-17(11-23-22)14-28-16-18-6-7-20(24-12-18)21(26)25-13-19-8-10-27-15-19/h4-7,9,11-12,19H,3,8,10,13-16H2,1-2H3,(H,25,26). The lowest BCUT2D eigenvalue weighted by Crippen LogP contribution is -2.30. The van der Waals surface area contributed by atoms with Crippen molar-refractivity contribution in [2.24, 2.45) is 5.92 Å². The first-order valence-electron chi connectivity index (χ1n) is 9.83. The zero-order valence-electron chi connectivity index (χ0n) is 16.6. The Balaban J connectivity index is 1.43. The molecule has 152 valence electrons. The number of hydrogen-bond acceptors (Lipinski definition) is 4. The van der Waals surface area contributed by atoms with E-state index in [0.29, 0.717) is 34.8 Å². The fraction of sp³-hybridized carbons (Fsp3) is 0.500. The molecule has 1 aromatic rings. The van der Waals surface area contributed by atoms with Crippen molar-refractivity contribution in [2.75, 3.05) is 26.4 Å². The summed E-state index contributed by atoms with van der Waals surface area (Å²) in [4.78, 5) is 16.5. The average Bonchev–Trinajstić information content (AvgIpc) is 3.17. The first-order valence-corrected chi connectivity index (χ1v) is 12.2. The van der Waals surface area contributed by atoms with Gasteiger partial charge < -0.3 is 14.8 Å². The number of carbonyl (C=O) groups is 1. The summed E-state index contributed by atoms with van der Waals surface area (Å²) < 4.78 is 13.9. The fourth-order valence-corrected chi connectivity index (χ4v) is 5.27. The van der Waals surface area contributed by atoms with E-state index in [0.717, 1.165) is 25.2 Å². The van der Waals surface area contributed by atoms with Crippen molar-refractivity contribution in [3.8, 4) is 0 Å². The van der Waals surface area contributed by atoms with Crippen LogP contribution in [0.4, 0.5) is 0 Å². The van der Waals surface area contributed by atoms with Gasteiger partial charge in [0.25, 0.3) is 5.91 Å². The molecule has 2 atom stereocenters. The number of hydrogen-bond donors (Lipinski definition) is 1. The Morgan fingerprint density at radius 1 is 1.43 bits per heavy atom. The molecule has 0 aliphatic carbocycles. The average molecular weight is 496 g/mol. The highest BCUT2D eigenvalue weighted by atomic mass is 127. The number of rotatable bonds is 8. The molecule has 1 fully saturated rings. The van der Waals surface area contributed by atoms with Crippen molar-refractivity contribution in [1.82, 2.24) is 10.3 Å². The van der Waals surface area contributed by atoms with Gasteiger partial charge in [-0.1, -0.05) is 31.2 Å². The van der Waals surface area contributed by atoms with E-state index in [1.165, 1.54) is 12.0 Å². The van der Waals surface area contributed by atoms with E-state index >= 15 is 0 Å². The molecule has 1 saturated heterocycles. The Morgan fingerprint density at radius 2 is 2.32 bits per heavy atom. The number of carbonyl (C=O) groups excluding carboxylic acids is 1. The molecule has 0 spiro atoms. The smallest absolute Gasteiger partial charge is 0.269 e. The third kappa shape index (κ3) is 6.32. The van der Waals surface area contributed by atoms with Crippen molar-refractivity contribution in [3.63, 3.8) is 0 Å². The lowest BCUT2D eigenvalue weighted by Gasteiger charge is -2.17. The minimum Gasteiger partial charge on any atom is -0.381 e. The van der Waals surface area contributed by atoms with Crippen LogP contribution in [0, 0.1) is 5.92 Å². The molecule has 0 saturated carbocycles. The van der Waals surface area contributed by atoms with Gasteiger partial charge in [0.15, 0.2) is 0 Å². The number of amides is 1. The maximum Gasteiger partial charge on any atom is 0.269 e. The SMILES string of the molecule is CCC1(C)C=CC=C(COCc2ccc(C(=O)NCC3CCOC3)nc2)C=I1. The molecule has 0 bridgehead atoms. The quantitative estimate of drug-likeness (QED) is 0.440.